The lowest BCUT2D eigenvalue weighted by molar-refractivity contribution is -0.186. The lowest BCUT2D eigenvalue weighted by Crippen LogP contribution is -2.47. The van der Waals surface area contributed by atoms with Gasteiger partial charge in [-0.1, -0.05) is 6.42 Å². The van der Waals surface area contributed by atoms with E-state index in [1.165, 1.54) is 0 Å². The van der Waals surface area contributed by atoms with E-state index in [-0.39, 0.29) is 25.7 Å². The van der Waals surface area contributed by atoms with E-state index in [0.717, 1.165) is 0 Å². The second-order valence-corrected chi connectivity index (χ2v) is 5.17. The van der Waals surface area contributed by atoms with E-state index < -0.39 is 48.3 Å². The van der Waals surface area contributed by atoms with Gasteiger partial charge in [-0.15, -0.1) is 0 Å². The van der Waals surface area contributed by atoms with Gasteiger partial charge in [0, 0.05) is 5.92 Å². The van der Waals surface area contributed by atoms with Gasteiger partial charge in [0.1, 0.15) is 6.04 Å². The summed E-state index contributed by atoms with van der Waals surface area (Å²) in [4.78, 5) is 33.5. The van der Waals surface area contributed by atoms with Crippen LogP contribution in [0, 0.1) is 11.8 Å². The SMILES string of the molecule is NC(=O)C[C@H](NC(=O)C1CCCC(C(F)(F)F)C1)C(=O)O. The van der Waals surface area contributed by atoms with Gasteiger partial charge in [0.25, 0.3) is 0 Å². The fraction of sp³-hybridized carbons (Fsp3) is 0.750. The number of carbonyl (C=O) groups is 3. The summed E-state index contributed by atoms with van der Waals surface area (Å²) in [5.74, 6) is -5.61. The second kappa shape index (κ2) is 6.77. The van der Waals surface area contributed by atoms with Gasteiger partial charge < -0.3 is 16.2 Å². The molecule has 120 valence electrons. The minimum Gasteiger partial charge on any atom is -0.480 e. The third-order valence-corrected chi connectivity index (χ3v) is 3.53. The molecule has 6 nitrogen and oxygen atoms in total. The number of hydrogen-bond acceptors (Lipinski definition) is 3. The molecule has 0 aromatic carbocycles. The zero-order chi connectivity index (χ0) is 16.2. The van der Waals surface area contributed by atoms with Crippen LogP contribution in [-0.2, 0) is 14.4 Å². The van der Waals surface area contributed by atoms with Gasteiger partial charge in [-0.25, -0.2) is 4.79 Å². The molecule has 0 saturated heterocycles. The lowest BCUT2D eigenvalue weighted by atomic mass is 9.80. The molecule has 1 saturated carbocycles. The standard InChI is InChI=1S/C12H17F3N2O4/c13-12(14,15)7-3-1-2-6(4-7)10(19)17-8(11(20)21)5-9(16)18/h6-8H,1-5H2,(H2,16,18)(H,17,19)(H,20,21)/t6?,7?,8-/m0/s1. The number of alkyl halides is 3. The maximum absolute atomic E-state index is 12.7. The summed E-state index contributed by atoms with van der Waals surface area (Å²) in [6.07, 6.45) is -4.85. The molecular formula is C12H17F3N2O4. The molecule has 0 heterocycles. The molecule has 0 aliphatic heterocycles. The minimum atomic E-state index is -4.36. The molecule has 21 heavy (non-hydrogen) atoms. The molecule has 2 unspecified atom stereocenters. The first-order valence-corrected chi connectivity index (χ1v) is 6.49. The molecule has 1 aliphatic rings. The number of aliphatic carboxylic acids is 1. The molecule has 2 amide bonds. The molecular weight excluding hydrogens is 293 g/mol. The summed E-state index contributed by atoms with van der Waals surface area (Å²) in [5.41, 5.74) is 4.86. The van der Waals surface area contributed by atoms with Gasteiger partial charge in [0.2, 0.25) is 11.8 Å². The Labute approximate surface area is 118 Å². The van der Waals surface area contributed by atoms with Gasteiger partial charge in [0.05, 0.1) is 12.3 Å². The van der Waals surface area contributed by atoms with Crippen LogP contribution in [0.1, 0.15) is 32.1 Å². The summed E-state index contributed by atoms with van der Waals surface area (Å²) in [6.45, 7) is 0. The molecule has 0 spiro atoms. The highest BCUT2D eigenvalue weighted by atomic mass is 19.4. The van der Waals surface area contributed by atoms with Crippen molar-refractivity contribution in [1.29, 1.82) is 0 Å². The van der Waals surface area contributed by atoms with Crippen molar-refractivity contribution in [1.82, 2.24) is 5.32 Å². The number of halogens is 3. The number of nitrogens with one attached hydrogen (secondary N) is 1. The summed E-state index contributed by atoms with van der Waals surface area (Å²) < 4.78 is 38.0. The second-order valence-electron chi connectivity index (χ2n) is 5.17. The Kier molecular flexibility index (Phi) is 5.56. The van der Waals surface area contributed by atoms with E-state index in [1.807, 2.05) is 0 Å². The van der Waals surface area contributed by atoms with E-state index in [1.54, 1.807) is 0 Å². The maximum Gasteiger partial charge on any atom is 0.391 e. The molecule has 3 atom stereocenters. The van der Waals surface area contributed by atoms with Gasteiger partial charge in [-0.2, -0.15) is 13.2 Å². The minimum absolute atomic E-state index is 0.0308. The third kappa shape index (κ3) is 5.24. The Hall–Kier alpha value is -1.80. The summed E-state index contributed by atoms with van der Waals surface area (Å²) >= 11 is 0. The van der Waals surface area contributed by atoms with Crippen LogP contribution in [0.4, 0.5) is 13.2 Å². The van der Waals surface area contributed by atoms with Gasteiger partial charge in [-0.05, 0) is 19.3 Å². The maximum atomic E-state index is 12.7. The van der Waals surface area contributed by atoms with E-state index in [0.29, 0.717) is 0 Å². The highest BCUT2D eigenvalue weighted by Crippen LogP contribution is 2.39. The lowest BCUT2D eigenvalue weighted by Gasteiger charge is -2.30. The smallest absolute Gasteiger partial charge is 0.391 e. The Bertz CT molecular complexity index is 425. The zero-order valence-corrected chi connectivity index (χ0v) is 11.2. The van der Waals surface area contributed by atoms with Gasteiger partial charge >= 0.3 is 12.1 Å². The monoisotopic (exact) mass is 310 g/mol. The Morgan fingerprint density at radius 3 is 2.38 bits per heavy atom. The van der Waals surface area contributed by atoms with Crippen molar-refractivity contribution < 1.29 is 32.7 Å². The van der Waals surface area contributed by atoms with Crippen LogP contribution < -0.4 is 11.1 Å². The van der Waals surface area contributed by atoms with Crippen molar-refractivity contribution in [2.75, 3.05) is 0 Å². The van der Waals surface area contributed by atoms with Crippen LogP contribution in [0.25, 0.3) is 0 Å². The van der Waals surface area contributed by atoms with Crippen molar-refractivity contribution in [3.8, 4) is 0 Å². The van der Waals surface area contributed by atoms with Gasteiger partial charge in [-0.3, -0.25) is 9.59 Å². The van der Waals surface area contributed by atoms with E-state index in [4.69, 9.17) is 10.8 Å². The number of rotatable bonds is 5. The van der Waals surface area contributed by atoms with E-state index in [2.05, 4.69) is 5.32 Å². The number of primary amides is 1. The predicted octanol–water partition coefficient (Wildman–Crippen LogP) is 0.800. The fourth-order valence-electron chi connectivity index (χ4n) is 2.42. The number of amides is 2. The summed E-state index contributed by atoms with van der Waals surface area (Å²) in [7, 11) is 0. The molecule has 0 aromatic rings. The quantitative estimate of drug-likeness (QED) is 0.697. The van der Waals surface area contributed by atoms with Gasteiger partial charge in [0.15, 0.2) is 0 Å². The molecule has 4 N–H and O–H groups in total. The Morgan fingerprint density at radius 2 is 1.90 bits per heavy atom. The topological polar surface area (TPSA) is 109 Å². The number of nitrogens with two attached hydrogens (primary N) is 1. The molecule has 1 aliphatic carbocycles. The van der Waals surface area contributed by atoms with E-state index in [9.17, 15) is 27.6 Å². The number of carbonyl (C=O) groups excluding carboxylic acids is 2. The highest BCUT2D eigenvalue weighted by molar-refractivity contribution is 5.88. The molecule has 0 aromatic heterocycles. The fourth-order valence-corrected chi connectivity index (χ4v) is 2.42. The van der Waals surface area contributed by atoms with Crippen LogP contribution in [-0.4, -0.2) is 35.1 Å². The number of hydrogen-bond donors (Lipinski definition) is 3. The van der Waals surface area contributed by atoms with Crippen LogP contribution in [0.15, 0.2) is 0 Å². The van der Waals surface area contributed by atoms with E-state index >= 15 is 0 Å². The first-order chi connectivity index (χ1) is 9.61. The zero-order valence-electron chi connectivity index (χ0n) is 11.2. The molecule has 9 heteroatoms. The number of carboxylic acids is 1. The Balaban J connectivity index is 2.65. The average Bonchev–Trinajstić information content (AvgIpc) is 2.36. The van der Waals surface area contributed by atoms with Crippen LogP contribution >= 0.6 is 0 Å². The first kappa shape index (κ1) is 17.3. The van der Waals surface area contributed by atoms with Crippen LogP contribution in [0.5, 0.6) is 0 Å². The van der Waals surface area contributed by atoms with Crippen molar-refractivity contribution in [2.45, 2.75) is 44.3 Å². The van der Waals surface area contributed by atoms with Crippen molar-refractivity contribution in [2.24, 2.45) is 17.6 Å². The first-order valence-electron chi connectivity index (χ1n) is 6.49. The van der Waals surface area contributed by atoms with Crippen molar-refractivity contribution in [3.63, 3.8) is 0 Å². The number of carboxylic acid groups (broad SMARTS) is 1. The Morgan fingerprint density at radius 1 is 1.29 bits per heavy atom. The van der Waals surface area contributed by atoms with Crippen molar-refractivity contribution >= 4 is 17.8 Å². The predicted molar refractivity (Wildman–Crippen MR) is 64.9 cm³/mol. The average molecular weight is 310 g/mol. The molecule has 1 rings (SSSR count). The largest absolute Gasteiger partial charge is 0.480 e. The third-order valence-electron chi connectivity index (χ3n) is 3.53. The molecule has 0 bridgehead atoms. The van der Waals surface area contributed by atoms with Crippen LogP contribution in [0.3, 0.4) is 0 Å². The summed E-state index contributed by atoms with van der Waals surface area (Å²) in [6, 6.07) is -1.51. The molecule has 0 radical (unpaired) electrons. The highest BCUT2D eigenvalue weighted by Gasteiger charge is 2.43. The molecule has 1 fully saturated rings. The van der Waals surface area contributed by atoms with Crippen LogP contribution in [0.2, 0.25) is 0 Å². The normalized spacial score (nSPS) is 24.1. The van der Waals surface area contributed by atoms with Crippen molar-refractivity contribution in [3.05, 3.63) is 0 Å². The summed E-state index contributed by atoms with van der Waals surface area (Å²) in [5, 5.41) is 10.9.